The van der Waals surface area contributed by atoms with Gasteiger partial charge in [-0.2, -0.15) is 0 Å². The number of hydrogen-bond acceptors (Lipinski definition) is 4. The molecule has 0 spiro atoms. The minimum atomic E-state index is -0.529. The van der Waals surface area contributed by atoms with E-state index < -0.39 is 12.1 Å². The van der Waals surface area contributed by atoms with Gasteiger partial charge in [-0.15, -0.1) is 0 Å². The third-order valence-electron chi connectivity index (χ3n) is 3.12. The van der Waals surface area contributed by atoms with Crippen LogP contribution in [0.25, 0.3) is 0 Å². The number of imide groups is 1. The van der Waals surface area contributed by atoms with E-state index in [2.05, 4.69) is 16.0 Å². The lowest BCUT2D eigenvalue weighted by molar-refractivity contribution is -0.134. The Morgan fingerprint density at radius 1 is 1.30 bits per heavy atom. The molecule has 0 saturated carbocycles. The molecular formula is C14H17N3O3. The van der Waals surface area contributed by atoms with E-state index in [0.29, 0.717) is 12.1 Å². The van der Waals surface area contributed by atoms with Crippen molar-refractivity contribution >= 4 is 23.4 Å². The molecule has 3 N–H and O–H groups in total. The Morgan fingerprint density at radius 2 is 2.00 bits per heavy atom. The van der Waals surface area contributed by atoms with Crippen molar-refractivity contribution in [3.63, 3.8) is 0 Å². The van der Waals surface area contributed by atoms with E-state index in [4.69, 9.17) is 0 Å². The first-order valence-corrected chi connectivity index (χ1v) is 6.52. The van der Waals surface area contributed by atoms with Crippen molar-refractivity contribution in [3.8, 4) is 0 Å². The molecule has 0 aromatic heterocycles. The van der Waals surface area contributed by atoms with Crippen LogP contribution in [0.2, 0.25) is 0 Å². The number of para-hydroxylation sites is 1. The van der Waals surface area contributed by atoms with E-state index >= 15 is 0 Å². The fraction of sp³-hybridized carbons (Fsp3) is 0.357. The van der Waals surface area contributed by atoms with E-state index in [1.807, 2.05) is 18.2 Å². The summed E-state index contributed by atoms with van der Waals surface area (Å²) in [6, 6.07) is 8.05. The SMILES string of the molecule is CC(NC1CCC(=O)NC1=O)C(=O)Nc1ccccc1. The van der Waals surface area contributed by atoms with Crippen LogP contribution in [0.15, 0.2) is 30.3 Å². The maximum Gasteiger partial charge on any atom is 0.243 e. The number of benzene rings is 1. The summed E-state index contributed by atoms with van der Waals surface area (Å²) in [4.78, 5) is 34.6. The molecule has 0 bridgehead atoms. The number of rotatable bonds is 4. The first-order chi connectivity index (χ1) is 9.56. The Bertz CT molecular complexity index is 516. The molecule has 0 aliphatic carbocycles. The van der Waals surface area contributed by atoms with Gasteiger partial charge in [-0.25, -0.2) is 0 Å². The van der Waals surface area contributed by atoms with Gasteiger partial charge in [0.05, 0.1) is 12.1 Å². The average molecular weight is 275 g/mol. The molecule has 2 rings (SSSR count). The highest BCUT2D eigenvalue weighted by molar-refractivity contribution is 6.01. The first-order valence-electron chi connectivity index (χ1n) is 6.52. The maximum absolute atomic E-state index is 12.0. The van der Waals surface area contributed by atoms with Crippen LogP contribution in [0.5, 0.6) is 0 Å². The number of amides is 3. The molecule has 106 valence electrons. The molecule has 1 saturated heterocycles. The van der Waals surface area contributed by atoms with Gasteiger partial charge in [0.2, 0.25) is 17.7 Å². The monoisotopic (exact) mass is 275 g/mol. The summed E-state index contributed by atoms with van der Waals surface area (Å²) in [5.41, 5.74) is 0.703. The standard InChI is InChI=1S/C14H17N3O3/c1-9(13(19)16-10-5-3-2-4-6-10)15-11-7-8-12(18)17-14(11)20/h2-6,9,11,15H,7-8H2,1H3,(H,16,19)(H,17,18,20). The molecule has 20 heavy (non-hydrogen) atoms. The lowest BCUT2D eigenvalue weighted by Crippen LogP contribution is -2.55. The Morgan fingerprint density at radius 3 is 2.65 bits per heavy atom. The fourth-order valence-corrected chi connectivity index (χ4v) is 2.00. The van der Waals surface area contributed by atoms with Gasteiger partial charge in [0.1, 0.15) is 0 Å². The summed E-state index contributed by atoms with van der Waals surface area (Å²) in [7, 11) is 0. The predicted molar refractivity (Wildman–Crippen MR) is 73.8 cm³/mol. The quantitative estimate of drug-likeness (QED) is 0.694. The second kappa shape index (κ2) is 6.29. The van der Waals surface area contributed by atoms with Gasteiger partial charge in [-0.1, -0.05) is 18.2 Å². The van der Waals surface area contributed by atoms with Crippen molar-refractivity contribution in [2.75, 3.05) is 5.32 Å². The molecule has 1 fully saturated rings. The summed E-state index contributed by atoms with van der Waals surface area (Å²) < 4.78 is 0. The Hall–Kier alpha value is -2.21. The Balaban J connectivity index is 1.88. The van der Waals surface area contributed by atoms with E-state index in [9.17, 15) is 14.4 Å². The molecule has 2 unspecified atom stereocenters. The van der Waals surface area contributed by atoms with Gasteiger partial charge in [0.25, 0.3) is 0 Å². The lowest BCUT2D eigenvalue weighted by atomic mass is 10.1. The number of carbonyl (C=O) groups excluding carboxylic acids is 3. The van der Waals surface area contributed by atoms with Crippen molar-refractivity contribution in [1.82, 2.24) is 10.6 Å². The minimum Gasteiger partial charge on any atom is -0.325 e. The topological polar surface area (TPSA) is 87.3 Å². The summed E-state index contributed by atoms with van der Waals surface area (Å²) >= 11 is 0. The Kier molecular flexibility index (Phi) is 4.47. The lowest BCUT2D eigenvalue weighted by Gasteiger charge is -2.25. The summed E-state index contributed by atoms with van der Waals surface area (Å²) in [5, 5.41) is 7.94. The normalized spacial score (nSPS) is 20.1. The van der Waals surface area contributed by atoms with E-state index in [1.54, 1.807) is 19.1 Å². The summed E-state index contributed by atoms with van der Waals surface area (Å²) in [5.74, 6) is -0.865. The molecule has 3 amide bonds. The molecule has 1 aliphatic rings. The molecule has 1 heterocycles. The minimum absolute atomic E-state index is 0.221. The molecule has 1 aromatic carbocycles. The molecule has 1 aromatic rings. The fourth-order valence-electron chi connectivity index (χ4n) is 2.00. The van der Waals surface area contributed by atoms with Gasteiger partial charge in [-0.3, -0.25) is 25.0 Å². The van der Waals surface area contributed by atoms with Crippen molar-refractivity contribution < 1.29 is 14.4 Å². The number of anilines is 1. The zero-order chi connectivity index (χ0) is 14.5. The zero-order valence-corrected chi connectivity index (χ0v) is 11.2. The third kappa shape index (κ3) is 3.64. The van der Waals surface area contributed by atoms with Gasteiger partial charge in [0.15, 0.2) is 0 Å². The summed E-state index contributed by atoms with van der Waals surface area (Å²) in [6.07, 6.45) is 0.698. The van der Waals surface area contributed by atoms with Crippen molar-refractivity contribution in [3.05, 3.63) is 30.3 Å². The van der Waals surface area contributed by atoms with Crippen LogP contribution in [0.3, 0.4) is 0 Å². The van der Waals surface area contributed by atoms with Gasteiger partial charge >= 0.3 is 0 Å². The van der Waals surface area contributed by atoms with E-state index in [0.717, 1.165) is 0 Å². The third-order valence-corrected chi connectivity index (χ3v) is 3.12. The van der Waals surface area contributed by atoms with Crippen LogP contribution in [-0.2, 0) is 14.4 Å². The van der Waals surface area contributed by atoms with Crippen LogP contribution in [-0.4, -0.2) is 29.8 Å². The highest BCUT2D eigenvalue weighted by Gasteiger charge is 2.28. The van der Waals surface area contributed by atoms with E-state index in [1.165, 1.54) is 0 Å². The molecule has 0 radical (unpaired) electrons. The van der Waals surface area contributed by atoms with Crippen LogP contribution in [0.4, 0.5) is 5.69 Å². The molecule has 1 aliphatic heterocycles. The van der Waals surface area contributed by atoms with Gasteiger partial charge in [0, 0.05) is 12.1 Å². The predicted octanol–water partition coefficient (Wildman–Crippen LogP) is 0.408. The summed E-state index contributed by atoms with van der Waals surface area (Å²) in [6.45, 7) is 1.68. The zero-order valence-electron chi connectivity index (χ0n) is 11.2. The Labute approximate surface area is 116 Å². The second-order valence-electron chi connectivity index (χ2n) is 4.75. The number of piperidine rings is 1. The van der Waals surface area contributed by atoms with Crippen LogP contribution < -0.4 is 16.0 Å². The maximum atomic E-state index is 12.0. The number of carbonyl (C=O) groups is 3. The first kappa shape index (κ1) is 14.2. The van der Waals surface area contributed by atoms with Gasteiger partial charge in [-0.05, 0) is 25.5 Å². The highest BCUT2D eigenvalue weighted by atomic mass is 16.2. The van der Waals surface area contributed by atoms with Crippen molar-refractivity contribution in [2.45, 2.75) is 31.8 Å². The largest absolute Gasteiger partial charge is 0.325 e. The highest BCUT2D eigenvalue weighted by Crippen LogP contribution is 2.08. The molecule has 6 nitrogen and oxygen atoms in total. The van der Waals surface area contributed by atoms with Crippen molar-refractivity contribution in [2.24, 2.45) is 0 Å². The number of nitrogens with one attached hydrogen (secondary N) is 3. The van der Waals surface area contributed by atoms with Crippen LogP contribution >= 0.6 is 0 Å². The molecular weight excluding hydrogens is 258 g/mol. The van der Waals surface area contributed by atoms with Crippen LogP contribution in [0, 0.1) is 0 Å². The smallest absolute Gasteiger partial charge is 0.243 e. The van der Waals surface area contributed by atoms with Crippen molar-refractivity contribution in [1.29, 1.82) is 0 Å². The van der Waals surface area contributed by atoms with Gasteiger partial charge < -0.3 is 5.32 Å². The van der Waals surface area contributed by atoms with Crippen LogP contribution in [0.1, 0.15) is 19.8 Å². The second-order valence-corrected chi connectivity index (χ2v) is 4.75. The molecule has 6 heteroatoms. The molecule has 2 atom stereocenters. The van der Waals surface area contributed by atoms with E-state index in [-0.39, 0.29) is 24.1 Å². The number of hydrogen-bond donors (Lipinski definition) is 3. The average Bonchev–Trinajstić information content (AvgIpc) is 2.43.